The average molecular weight is 240 g/mol. The highest BCUT2D eigenvalue weighted by Crippen LogP contribution is 2.08. The van der Waals surface area contributed by atoms with Crippen molar-refractivity contribution in [3.63, 3.8) is 0 Å². The Morgan fingerprint density at radius 2 is 2.35 bits per heavy atom. The van der Waals surface area contributed by atoms with Gasteiger partial charge in [-0.2, -0.15) is 0 Å². The van der Waals surface area contributed by atoms with Crippen LogP contribution in [0.5, 0.6) is 0 Å². The largest absolute Gasteiger partial charge is 0.478 e. The lowest BCUT2D eigenvalue weighted by Gasteiger charge is -2.17. The van der Waals surface area contributed by atoms with E-state index in [0.717, 1.165) is 0 Å². The number of aromatic nitrogens is 1. The maximum Gasteiger partial charge on any atom is 0.337 e. The molecule has 0 fully saturated rings. The van der Waals surface area contributed by atoms with Gasteiger partial charge in [0.2, 0.25) is 0 Å². The highest BCUT2D eigenvalue weighted by Gasteiger charge is 2.09. The number of anilines is 1. The maximum absolute atomic E-state index is 10.6. The minimum atomic E-state index is -1.01. The Morgan fingerprint density at radius 1 is 1.59 bits per heavy atom. The fourth-order valence-electron chi connectivity index (χ4n) is 1.37. The number of rotatable bonds is 7. The van der Waals surface area contributed by atoms with Gasteiger partial charge < -0.3 is 20.3 Å². The summed E-state index contributed by atoms with van der Waals surface area (Å²) in [7, 11) is 1.58. The van der Waals surface area contributed by atoms with Gasteiger partial charge in [0.25, 0.3) is 0 Å². The topological polar surface area (TPSA) is 91.7 Å². The fraction of sp³-hybridized carbons (Fsp3) is 0.455. The van der Waals surface area contributed by atoms with Crippen molar-refractivity contribution in [1.82, 2.24) is 4.98 Å². The number of methoxy groups -OCH3 is 1. The number of carboxylic acid groups (broad SMARTS) is 1. The second-order valence-corrected chi connectivity index (χ2v) is 3.55. The van der Waals surface area contributed by atoms with Crippen molar-refractivity contribution in [2.45, 2.75) is 12.5 Å². The number of ether oxygens (including phenoxy) is 1. The Labute approximate surface area is 99.3 Å². The lowest BCUT2D eigenvalue weighted by atomic mass is 10.2. The van der Waals surface area contributed by atoms with E-state index in [1.807, 2.05) is 0 Å². The van der Waals surface area contributed by atoms with Crippen LogP contribution in [0.15, 0.2) is 18.3 Å². The number of nitrogens with zero attached hydrogens (tertiary/aromatic N) is 1. The number of hydrogen-bond donors (Lipinski definition) is 3. The van der Waals surface area contributed by atoms with Crippen LogP contribution in [0.1, 0.15) is 16.8 Å². The molecule has 1 heterocycles. The van der Waals surface area contributed by atoms with Crippen LogP contribution in [-0.4, -0.2) is 47.5 Å². The van der Waals surface area contributed by atoms with Gasteiger partial charge in [-0.15, -0.1) is 0 Å². The standard InChI is InChI=1S/C11H16N2O4/c1-17-7-9(4-5-14)13-10-3-2-8(6-12-10)11(15)16/h2-3,6,9,14H,4-5,7H2,1H3,(H,12,13)(H,15,16). The Hall–Kier alpha value is -1.66. The number of carboxylic acids is 1. The van der Waals surface area contributed by atoms with Crippen molar-refractivity contribution < 1.29 is 19.7 Å². The molecular formula is C11H16N2O4. The highest BCUT2D eigenvalue weighted by molar-refractivity contribution is 5.87. The minimum Gasteiger partial charge on any atom is -0.478 e. The number of aromatic carboxylic acids is 1. The molecule has 3 N–H and O–H groups in total. The third-order valence-electron chi connectivity index (χ3n) is 2.21. The van der Waals surface area contributed by atoms with Crippen molar-refractivity contribution in [2.75, 3.05) is 25.6 Å². The molecule has 0 radical (unpaired) electrons. The summed E-state index contributed by atoms with van der Waals surface area (Å²) < 4.78 is 5.00. The summed E-state index contributed by atoms with van der Waals surface area (Å²) in [6, 6.07) is 3.01. The number of aliphatic hydroxyl groups is 1. The lowest BCUT2D eigenvalue weighted by molar-refractivity contribution is 0.0696. The van der Waals surface area contributed by atoms with E-state index in [4.69, 9.17) is 14.9 Å². The van der Waals surface area contributed by atoms with Crippen LogP contribution in [0.25, 0.3) is 0 Å². The number of hydrogen-bond acceptors (Lipinski definition) is 5. The van der Waals surface area contributed by atoms with Gasteiger partial charge in [0, 0.05) is 19.9 Å². The van der Waals surface area contributed by atoms with Crippen LogP contribution in [-0.2, 0) is 4.74 Å². The van der Waals surface area contributed by atoms with E-state index in [1.165, 1.54) is 12.3 Å². The van der Waals surface area contributed by atoms with Crippen LogP contribution in [0.3, 0.4) is 0 Å². The van der Waals surface area contributed by atoms with Crippen molar-refractivity contribution >= 4 is 11.8 Å². The third kappa shape index (κ3) is 4.38. The van der Waals surface area contributed by atoms with Crippen LogP contribution in [0, 0.1) is 0 Å². The number of nitrogens with one attached hydrogen (secondary N) is 1. The maximum atomic E-state index is 10.6. The zero-order valence-electron chi connectivity index (χ0n) is 9.59. The summed E-state index contributed by atoms with van der Waals surface area (Å²) in [6.07, 6.45) is 1.82. The summed E-state index contributed by atoms with van der Waals surface area (Å²) in [6.45, 7) is 0.497. The number of carbonyl (C=O) groups is 1. The van der Waals surface area contributed by atoms with Crippen molar-refractivity contribution in [3.05, 3.63) is 23.9 Å². The SMILES string of the molecule is COCC(CCO)Nc1ccc(C(=O)O)cn1. The quantitative estimate of drug-likeness (QED) is 0.646. The van der Waals surface area contributed by atoms with Crippen LogP contribution >= 0.6 is 0 Å². The zero-order valence-corrected chi connectivity index (χ0v) is 9.59. The first-order valence-corrected chi connectivity index (χ1v) is 5.23. The number of aliphatic hydroxyl groups excluding tert-OH is 1. The van der Waals surface area contributed by atoms with Gasteiger partial charge in [-0.3, -0.25) is 0 Å². The van der Waals surface area contributed by atoms with Gasteiger partial charge in [-0.1, -0.05) is 0 Å². The van der Waals surface area contributed by atoms with Gasteiger partial charge in [0.15, 0.2) is 0 Å². The van der Waals surface area contributed by atoms with E-state index in [1.54, 1.807) is 13.2 Å². The number of pyridine rings is 1. The first-order valence-electron chi connectivity index (χ1n) is 5.23. The smallest absolute Gasteiger partial charge is 0.337 e. The normalized spacial score (nSPS) is 12.1. The molecule has 0 aliphatic rings. The van der Waals surface area contributed by atoms with Gasteiger partial charge >= 0.3 is 5.97 Å². The molecule has 0 bridgehead atoms. The molecule has 1 unspecified atom stereocenters. The van der Waals surface area contributed by atoms with E-state index >= 15 is 0 Å². The molecule has 0 saturated carbocycles. The monoisotopic (exact) mass is 240 g/mol. The van der Waals surface area contributed by atoms with Gasteiger partial charge in [0.05, 0.1) is 18.2 Å². The summed E-state index contributed by atoms with van der Waals surface area (Å²) in [5.74, 6) is -0.446. The van der Waals surface area contributed by atoms with E-state index in [9.17, 15) is 4.79 Å². The van der Waals surface area contributed by atoms with Gasteiger partial charge in [0.1, 0.15) is 5.82 Å². The van der Waals surface area contributed by atoms with Gasteiger partial charge in [-0.25, -0.2) is 9.78 Å². The summed E-state index contributed by atoms with van der Waals surface area (Å²) >= 11 is 0. The van der Waals surface area contributed by atoms with Crippen LogP contribution in [0.2, 0.25) is 0 Å². The molecule has 1 aromatic rings. The second-order valence-electron chi connectivity index (χ2n) is 3.55. The molecule has 17 heavy (non-hydrogen) atoms. The summed E-state index contributed by atoms with van der Waals surface area (Å²) in [5.41, 5.74) is 0.140. The Kier molecular flexibility index (Phi) is 5.38. The highest BCUT2D eigenvalue weighted by atomic mass is 16.5. The summed E-state index contributed by atoms with van der Waals surface area (Å²) in [4.78, 5) is 14.6. The molecule has 1 aromatic heterocycles. The Morgan fingerprint density at radius 3 is 2.82 bits per heavy atom. The predicted molar refractivity (Wildman–Crippen MR) is 62.2 cm³/mol. The average Bonchev–Trinajstić information content (AvgIpc) is 2.30. The van der Waals surface area contributed by atoms with Crippen molar-refractivity contribution in [1.29, 1.82) is 0 Å². The minimum absolute atomic E-state index is 0.0480. The van der Waals surface area contributed by atoms with Crippen LogP contribution < -0.4 is 5.32 Å². The molecule has 1 rings (SSSR count). The summed E-state index contributed by atoms with van der Waals surface area (Å²) in [5, 5.41) is 20.6. The molecule has 6 heteroatoms. The first kappa shape index (κ1) is 13.4. The predicted octanol–water partition coefficient (Wildman–Crippen LogP) is 0.589. The lowest BCUT2D eigenvalue weighted by Crippen LogP contribution is -2.26. The zero-order chi connectivity index (χ0) is 12.7. The molecule has 0 saturated heterocycles. The molecule has 0 aliphatic carbocycles. The molecule has 94 valence electrons. The van der Waals surface area contributed by atoms with E-state index in [0.29, 0.717) is 18.8 Å². The molecular weight excluding hydrogens is 224 g/mol. The molecule has 1 atom stereocenters. The van der Waals surface area contributed by atoms with E-state index < -0.39 is 5.97 Å². The third-order valence-corrected chi connectivity index (χ3v) is 2.21. The van der Waals surface area contributed by atoms with E-state index in [2.05, 4.69) is 10.3 Å². The fourth-order valence-corrected chi connectivity index (χ4v) is 1.37. The molecule has 0 aliphatic heterocycles. The second kappa shape index (κ2) is 6.82. The first-order chi connectivity index (χ1) is 8.17. The molecule has 0 amide bonds. The van der Waals surface area contributed by atoms with Crippen LogP contribution in [0.4, 0.5) is 5.82 Å². The van der Waals surface area contributed by atoms with E-state index in [-0.39, 0.29) is 18.2 Å². The Balaban J connectivity index is 2.62. The Bertz CT molecular complexity index is 347. The van der Waals surface area contributed by atoms with Gasteiger partial charge in [-0.05, 0) is 18.6 Å². The van der Waals surface area contributed by atoms with Crippen molar-refractivity contribution in [3.8, 4) is 0 Å². The molecule has 6 nitrogen and oxygen atoms in total. The molecule has 0 aromatic carbocycles. The van der Waals surface area contributed by atoms with Crippen molar-refractivity contribution in [2.24, 2.45) is 0 Å². The molecule has 0 spiro atoms.